The number of carbonyl (C=O) groups excluding carboxylic acids is 2. The molecule has 0 bridgehead atoms. The zero-order chi connectivity index (χ0) is 15.0. The van der Waals surface area contributed by atoms with Crippen molar-refractivity contribution in [3.8, 4) is 17.3 Å². The van der Waals surface area contributed by atoms with Crippen LogP contribution in [0.3, 0.4) is 0 Å². The van der Waals surface area contributed by atoms with Crippen LogP contribution in [0.25, 0.3) is 22.4 Å². The van der Waals surface area contributed by atoms with E-state index in [1.165, 1.54) is 19.5 Å². The Morgan fingerprint density at radius 3 is 2.81 bits per heavy atom. The molecular formula is C12H7ClN4O4. The summed E-state index contributed by atoms with van der Waals surface area (Å²) in [5, 5.41) is 2.99. The van der Waals surface area contributed by atoms with E-state index in [0.29, 0.717) is 22.3 Å². The maximum atomic E-state index is 11.9. The van der Waals surface area contributed by atoms with Gasteiger partial charge < -0.3 is 14.2 Å². The second-order valence-corrected chi connectivity index (χ2v) is 4.33. The lowest BCUT2D eigenvalue weighted by Crippen LogP contribution is -2.07. The number of Topliss-reactive ketones (excluding diaryl/α,β-unsaturated/α-hetero) is 1. The minimum Gasteiger partial charge on any atom is -0.494 e. The Bertz CT molecular complexity index is 840. The summed E-state index contributed by atoms with van der Waals surface area (Å²) >= 11 is 5.26. The number of H-pyrrole nitrogens is 1. The maximum absolute atomic E-state index is 11.9. The van der Waals surface area contributed by atoms with Crippen molar-refractivity contribution in [1.82, 2.24) is 20.1 Å². The fourth-order valence-electron chi connectivity index (χ4n) is 2.00. The summed E-state index contributed by atoms with van der Waals surface area (Å²) in [6.45, 7) is 0. The predicted molar refractivity (Wildman–Crippen MR) is 71.1 cm³/mol. The molecule has 0 aromatic carbocycles. The number of aromatic amines is 1. The number of nitrogens with zero attached hydrogens (tertiary/aromatic N) is 3. The number of aromatic nitrogens is 4. The quantitative estimate of drug-likeness (QED) is 0.442. The Labute approximate surface area is 122 Å². The van der Waals surface area contributed by atoms with Crippen LogP contribution in [-0.2, 0) is 4.79 Å². The lowest BCUT2D eigenvalue weighted by atomic mass is 10.1. The highest BCUT2D eigenvalue weighted by Crippen LogP contribution is 2.33. The molecule has 106 valence electrons. The van der Waals surface area contributed by atoms with Crippen LogP contribution in [0.2, 0.25) is 0 Å². The van der Waals surface area contributed by atoms with Gasteiger partial charge in [-0.15, -0.1) is 0 Å². The average Bonchev–Trinajstić information content (AvgIpc) is 3.14. The summed E-state index contributed by atoms with van der Waals surface area (Å²) in [5.74, 6) is -0.285. The van der Waals surface area contributed by atoms with Crippen LogP contribution in [0.15, 0.2) is 23.3 Å². The van der Waals surface area contributed by atoms with Gasteiger partial charge in [0.05, 0.1) is 29.8 Å². The minimum absolute atomic E-state index is 0.0917. The largest absolute Gasteiger partial charge is 0.494 e. The molecule has 0 aliphatic heterocycles. The van der Waals surface area contributed by atoms with Crippen molar-refractivity contribution in [2.24, 2.45) is 0 Å². The molecule has 0 spiro atoms. The van der Waals surface area contributed by atoms with Crippen LogP contribution in [0.5, 0.6) is 5.75 Å². The smallest absolute Gasteiger partial charge is 0.293 e. The number of hydrogen-bond donors (Lipinski definition) is 1. The zero-order valence-electron chi connectivity index (χ0n) is 10.6. The van der Waals surface area contributed by atoms with E-state index in [1.54, 1.807) is 0 Å². The van der Waals surface area contributed by atoms with Crippen molar-refractivity contribution >= 4 is 33.5 Å². The van der Waals surface area contributed by atoms with Gasteiger partial charge in [-0.1, -0.05) is 5.16 Å². The molecule has 3 heterocycles. The molecule has 0 atom stereocenters. The van der Waals surface area contributed by atoms with Crippen molar-refractivity contribution in [1.29, 1.82) is 0 Å². The molecule has 0 saturated heterocycles. The monoisotopic (exact) mass is 306 g/mol. The molecule has 0 unspecified atom stereocenters. The molecule has 0 fully saturated rings. The number of ketones is 1. The summed E-state index contributed by atoms with van der Waals surface area (Å²) in [5.41, 5.74) is 0.895. The molecule has 0 aliphatic rings. The van der Waals surface area contributed by atoms with Gasteiger partial charge in [0.15, 0.2) is 0 Å². The van der Waals surface area contributed by atoms with Crippen molar-refractivity contribution in [3.63, 3.8) is 0 Å². The first-order valence-electron chi connectivity index (χ1n) is 5.68. The summed E-state index contributed by atoms with van der Waals surface area (Å²) in [6.07, 6.45) is 3.92. The molecule has 21 heavy (non-hydrogen) atoms. The van der Waals surface area contributed by atoms with Gasteiger partial charge in [-0.3, -0.25) is 9.59 Å². The Kier molecular flexibility index (Phi) is 3.15. The van der Waals surface area contributed by atoms with E-state index in [9.17, 15) is 9.59 Å². The fourth-order valence-corrected chi connectivity index (χ4v) is 2.10. The topological polar surface area (TPSA) is 111 Å². The standard InChI is InChI=1S/C12H7ClN4O4/c1-20-6-3-15-9(12-16-4-21-17-12)8-7(6)5(2-14-8)10(18)11(13)19/h2-4,14H,1H3. The number of nitrogens with one attached hydrogen (secondary N) is 1. The van der Waals surface area contributed by atoms with Crippen LogP contribution in [0.4, 0.5) is 0 Å². The van der Waals surface area contributed by atoms with Gasteiger partial charge in [-0.05, 0) is 11.6 Å². The Hall–Kier alpha value is -2.74. The van der Waals surface area contributed by atoms with Crippen LogP contribution >= 0.6 is 11.6 Å². The van der Waals surface area contributed by atoms with Gasteiger partial charge in [0.1, 0.15) is 11.4 Å². The summed E-state index contributed by atoms with van der Waals surface area (Å²) in [6, 6.07) is 0. The molecule has 8 nitrogen and oxygen atoms in total. The van der Waals surface area contributed by atoms with Gasteiger partial charge in [-0.25, -0.2) is 4.98 Å². The van der Waals surface area contributed by atoms with E-state index in [2.05, 4.69) is 24.6 Å². The molecule has 3 rings (SSSR count). The molecule has 0 saturated carbocycles. The average molecular weight is 307 g/mol. The Balaban J connectivity index is 2.32. The maximum Gasteiger partial charge on any atom is 0.293 e. The molecule has 9 heteroatoms. The Morgan fingerprint density at radius 2 is 2.19 bits per heavy atom. The van der Waals surface area contributed by atoms with E-state index < -0.39 is 11.0 Å². The van der Waals surface area contributed by atoms with E-state index in [4.69, 9.17) is 16.3 Å². The highest BCUT2D eigenvalue weighted by atomic mass is 35.5. The minimum atomic E-state index is -1.09. The molecule has 0 amide bonds. The fraction of sp³-hybridized carbons (Fsp3) is 0.0833. The third-order valence-electron chi connectivity index (χ3n) is 2.89. The van der Waals surface area contributed by atoms with Crippen LogP contribution in [0.1, 0.15) is 10.4 Å². The van der Waals surface area contributed by atoms with E-state index >= 15 is 0 Å². The van der Waals surface area contributed by atoms with Crippen LogP contribution < -0.4 is 4.74 Å². The van der Waals surface area contributed by atoms with E-state index in [1.807, 2.05) is 0 Å². The summed E-state index contributed by atoms with van der Waals surface area (Å²) < 4.78 is 9.85. The lowest BCUT2D eigenvalue weighted by molar-refractivity contribution is -0.108. The SMILES string of the molecule is COc1cnc(-c2ncon2)c2[nH]cc(C(=O)C(=O)Cl)c12. The van der Waals surface area contributed by atoms with Gasteiger partial charge >= 0.3 is 0 Å². The molecule has 1 N–H and O–H groups in total. The van der Waals surface area contributed by atoms with Crippen molar-refractivity contribution in [2.45, 2.75) is 0 Å². The van der Waals surface area contributed by atoms with E-state index in [0.717, 1.165) is 6.39 Å². The number of ether oxygens (including phenoxy) is 1. The van der Waals surface area contributed by atoms with Gasteiger partial charge in [-0.2, -0.15) is 4.98 Å². The van der Waals surface area contributed by atoms with Crippen LogP contribution in [-0.4, -0.2) is 38.2 Å². The third kappa shape index (κ3) is 2.05. The van der Waals surface area contributed by atoms with Gasteiger partial charge in [0, 0.05) is 6.20 Å². The van der Waals surface area contributed by atoms with Crippen LogP contribution in [0, 0.1) is 0 Å². The van der Waals surface area contributed by atoms with Crippen molar-refractivity contribution in [3.05, 3.63) is 24.4 Å². The van der Waals surface area contributed by atoms with Gasteiger partial charge in [0.2, 0.25) is 18.0 Å². The number of rotatable bonds is 4. The first kappa shape index (κ1) is 13.3. The highest BCUT2D eigenvalue weighted by molar-refractivity contribution is 6.83. The second-order valence-electron chi connectivity index (χ2n) is 3.99. The second kappa shape index (κ2) is 4.98. The normalized spacial score (nSPS) is 10.8. The molecule has 3 aromatic rings. The highest BCUT2D eigenvalue weighted by Gasteiger charge is 2.24. The van der Waals surface area contributed by atoms with Crippen molar-refractivity contribution in [2.75, 3.05) is 7.11 Å². The molecule has 0 radical (unpaired) electrons. The number of halogens is 1. The Morgan fingerprint density at radius 1 is 1.38 bits per heavy atom. The zero-order valence-corrected chi connectivity index (χ0v) is 11.3. The van der Waals surface area contributed by atoms with Crippen molar-refractivity contribution < 1.29 is 18.8 Å². The van der Waals surface area contributed by atoms with Gasteiger partial charge in [0.25, 0.3) is 5.24 Å². The summed E-state index contributed by atoms with van der Waals surface area (Å²) in [7, 11) is 1.42. The lowest BCUT2D eigenvalue weighted by Gasteiger charge is -2.05. The number of fused-ring (bicyclic) bond motifs is 1. The first-order valence-corrected chi connectivity index (χ1v) is 6.06. The summed E-state index contributed by atoms with van der Waals surface area (Å²) in [4.78, 5) is 33.9. The third-order valence-corrected chi connectivity index (χ3v) is 3.06. The first-order chi connectivity index (χ1) is 10.1. The molecule has 3 aromatic heterocycles. The number of carbonyl (C=O) groups is 2. The number of pyridine rings is 1. The molecular weight excluding hydrogens is 300 g/mol. The molecule has 0 aliphatic carbocycles. The predicted octanol–water partition coefficient (Wildman–Crippen LogP) is 1.57. The van der Waals surface area contributed by atoms with E-state index in [-0.39, 0.29) is 11.4 Å². The number of methoxy groups -OCH3 is 1. The number of hydrogen-bond acceptors (Lipinski definition) is 7.